The topological polar surface area (TPSA) is 46.4 Å². The highest BCUT2D eigenvalue weighted by atomic mass is 16.5. The summed E-state index contributed by atoms with van der Waals surface area (Å²) in [7, 11) is 4.07. The summed E-state index contributed by atoms with van der Waals surface area (Å²) in [6.45, 7) is 13.0. The fraction of sp³-hybridized carbons (Fsp3) is 0.370. The average molecular weight is 448 g/mol. The molecule has 1 saturated heterocycles. The van der Waals surface area contributed by atoms with Crippen LogP contribution in [0.1, 0.15) is 35.5 Å². The number of benzene rings is 1. The van der Waals surface area contributed by atoms with Gasteiger partial charge in [0, 0.05) is 44.6 Å². The van der Waals surface area contributed by atoms with Crippen LogP contribution in [0.25, 0.3) is 22.3 Å². The van der Waals surface area contributed by atoms with Gasteiger partial charge in [0.25, 0.3) is 0 Å². The number of hydrogen-bond acceptors (Lipinski definition) is 5. The SMILES string of the molecule is C=C(c1c(C)c(C(=O)OC(C)C)cc2c(-c3cccc(N(C)C)c3)ccn12)N1CCOCC1. The second-order valence-corrected chi connectivity index (χ2v) is 8.96. The number of ether oxygens (including phenoxy) is 2. The van der Waals surface area contributed by atoms with Crippen molar-refractivity contribution < 1.29 is 14.3 Å². The van der Waals surface area contributed by atoms with Crippen LogP contribution in [0, 0.1) is 6.92 Å². The van der Waals surface area contributed by atoms with Gasteiger partial charge in [0.1, 0.15) is 0 Å². The summed E-state index contributed by atoms with van der Waals surface area (Å²) in [5, 5.41) is 0. The summed E-state index contributed by atoms with van der Waals surface area (Å²) in [6.07, 6.45) is 1.88. The van der Waals surface area contributed by atoms with Crippen LogP contribution >= 0.6 is 0 Å². The molecule has 2 aromatic heterocycles. The van der Waals surface area contributed by atoms with Crippen LogP contribution in [0.2, 0.25) is 0 Å². The zero-order chi connectivity index (χ0) is 23.7. The molecule has 4 rings (SSSR count). The Balaban J connectivity index is 1.92. The highest BCUT2D eigenvalue weighted by Gasteiger charge is 2.24. The van der Waals surface area contributed by atoms with E-state index in [4.69, 9.17) is 9.47 Å². The maximum Gasteiger partial charge on any atom is 0.338 e. The van der Waals surface area contributed by atoms with Crippen LogP contribution in [0.15, 0.2) is 49.2 Å². The molecule has 0 radical (unpaired) electrons. The summed E-state index contributed by atoms with van der Waals surface area (Å²) < 4.78 is 13.3. The normalized spacial score (nSPS) is 14.1. The number of fused-ring (bicyclic) bond motifs is 1. The average Bonchev–Trinajstić information content (AvgIpc) is 3.22. The number of pyridine rings is 1. The molecule has 1 aliphatic rings. The van der Waals surface area contributed by atoms with Crippen molar-refractivity contribution in [1.29, 1.82) is 0 Å². The maximum atomic E-state index is 13.1. The third-order valence-electron chi connectivity index (χ3n) is 6.11. The minimum absolute atomic E-state index is 0.193. The molecule has 174 valence electrons. The van der Waals surface area contributed by atoms with Gasteiger partial charge in [-0.1, -0.05) is 18.7 Å². The fourth-order valence-electron chi connectivity index (χ4n) is 4.36. The predicted octanol–water partition coefficient (Wildman–Crippen LogP) is 4.85. The Bertz CT molecular complexity index is 1190. The number of rotatable bonds is 6. The molecule has 0 saturated carbocycles. The molecule has 33 heavy (non-hydrogen) atoms. The standard InChI is InChI=1S/C27H33N3O3/c1-18(2)33-27(31)24-17-25-23(21-8-7-9-22(16-21)28(5)6)10-11-30(25)26(19(24)3)20(4)29-12-14-32-15-13-29/h7-11,16-18H,4,12-15H2,1-3,5-6H3. The lowest BCUT2D eigenvalue weighted by Gasteiger charge is -2.32. The number of anilines is 1. The van der Waals surface area contributed by atoms with E-state index in [2.05, 4.69) is 57.3 Å². The van der Waals surface area contributed by atoms with E-state index in [0.29, 0.717) is 18.8 Å². The first kappa shape index (κ1) is 22.9. The van der Waals surface area contributed by atoms with Gasteiger partial charge in [0.05, 0.1) is 41.8 Å². The quantitative estimate of drug-likeness (QED) is 0.506. The first-order valence-corrected chi connectivity index (χ1v) is 11.4. The second-order valence-electron chi connectivity index (χ2n) is 8.96. The fourth-order valence-corrected chi connectivity index (χ4v) is 4.36. The van der Waals surface area contributed by atoms with Crippen molar-refractivity contribution in [2.75, 3.05) is 45.3 Å². The molecule has 0 N–H and O–H groups in total. The van der Waals surface area contributed by atoms with Gasteiger partial charge in [-0.2, -0.15) is 0 Å². The van der Waals surface area contributed by atoms with E-state index in [1.54, 1.807) is 0 Å². The van der Waals surface area contributed by atoms with Crippen molar-refractivity contribution >= 4 is 22.9 Å². The zero-order valence-electron chi connectivity index (χ0n) is 20.2. The van der Waals surface area contributed by atoms with Gasteiger partial charge < -0.3 is 23.7 Å². The van der Waals surface area contributed by atoms with Gasteiger partial charge in [-0.15, -0.1) is 0 Å². The predicted molar refractivity (Wildman–Crippen MR) is 134 cm³/mol. The molecular weight excluding hydrogens is 414 g/mol. The van der Waals surface area contributed by atoms with E-state index in [1.807, 2.05) is 40.9 Å². The summed E-state index contributed by atoms with van der Waals surface area (Å²) in [4.78, 5) is 17.4. The highest BCUT2D eigenvalue weighted by molar-refractivity contribution is 5.96. The Hall–Kier alpha value is -3.25. The first-order valence-electron chi connectivity index (χ1n) is 11.4. The molecule has 3 heterocycles. The van der Waals surface area contributed by atoms with E-state index in [1.165, 1.54) is 0 Å². The summed E-state index contributed by atoms with van der Waals surface area (Å²) in [5.41, 5.74) is 7.50. The van der Waals surface area contributed by atoms with E-state index in [-0.39, 0.29) is 12.1 Å². The van der Waals surface area contributed by atoms with Crippen LogP contribution < -0.4 is 4.90 Å². The van der Waals surface area contributed by atoms with Gasteiger partial charge in [-0.05, 0) is 56.2 Å². The zero-order valence-corrected chi connectivity index (χ0v) is 20.2. The summed E-state index contributed by atoms with van der Waals surface area (Å²) in [6, 6.07) is 12.5. The maximum absolute atomic E-state index is 13.1. The van der Waals surface area contributed by atoms with Gasteiger partial charge >= 0.3 is 5.97 Å². The van der Waals surface area contributed by atoms with Crippen LogP contribution in [0.4, 0.5) is 5.69 Å². The Kier molecular flexibility index (Phi) is 6.47. The molecule has 0 bridgehead atoms. The molecule has 0 unspecified atom stereocenters. The molecule has 0 amide bonds. The van der Waals surface area contributed by atoms with Crippen LogP contribution in [0.5, 0.6) is 0 Å². The third kappa shape index (κ3) is 4.48. The van der Waals surface area contributed by atoms with Crippen molar-refractivity contribution in [3.8, 4) is 11.1 Å². The van der Waals surface area contributed by atoms with E-state index < -0.39 is 0 Å². The van der Waals surface area contributed by atoms with E-state index in [9.17, 15) is 4.79 Å². The molecule has 0 spiro atoms. The number of carbonyl (C=O) groups excluding carboxylic acids is 1. The lowest BCUT2D eigenvalue weighted by molar-refractivity contribution is 0.0377. The van der Waals surface area contributed by atoms with Crippen molar-refractivity contribution in [2.45, 2.75) is 26.9 Å². The van der Waals surface area contributed by atoms with Crippen molar-refractivity contribution in [3.05, 3.63) is 66.0 Å². The minimum Gasteiger partial charge on any atom is -0.459 e. The molecule has 1 aliphatic heterocycles. The van der Waals surface area contributed by atoms with Gasteiger partial charge in [0.15, 0.2) is 0 Å². The first-order chi connectivity index (χ1) is 15.8. The number of morpholine rings is 1. The lowest BCUT2D eigenvalue weighted by Crippen LogP contribution is -2.35. The number of aromatic nitrogens is 1. The molecule has 3 aromatic rings. The molecular formula is C27H33N3O3. The van der Waals surface area contributed by atoms with Crippen LogP contribution in [0.3, 0.4) is 0 Å². The Morgan fingerprint density at radius 3 is 2.55 bits per heavy atom. The third-order valence-corrected chi connectivity index (χ3v) is 6.11. The van der Waals surface area contributed by atoms with Crippen LogP contribution in [-0.4, -0.2) is 61.8 Å². The largest absolute Gasteiger partial charge is 0.459 e. The van der Waals surface area contributed by atoms with Gasteiger partial charge in [0.2, 0.25) is 0 Å². The second kappa shape index (κ2) is 9.32. The van der Waals surface area contributed by atoms with Crippen LogP contribution in [-0.2, 0) is 9.47 Å². The number of esters is 1. The minimum atomic E-state index is -0.310. The van der Waals surface area contributed by atoms with Crippen molar-refractivity contribution in [2.24, 2.45) is 0 Å². The monoisotopic (exact) mass is 447 g/mol. The van der Waals surface area contributed by atoms with E-state index >= 15 is 0 Å². The molecule has 6 heteroatoms. The van der Waals surface area contributed by atoms with Gasteiger partial charge in [-0.25, -0.2) is 4.79 Å². The molecule has 1 aromatic carbocycles. The molecule has 0 atom stereocenters. The van der Waals surface area contributed by atoms with Crippen molar-refractivity contribution in [1.82, 2.24) is 9.30 Å². The molecule has 6 nitrogen and oxygen atoms in total. The lowest BCUT2D eigenvalue weighted by atomic mass is 10.0. The van der Waals surface area contributed by atoms with Crippen molar-refractivity contribution in [3.63, 3.8) is 0 Å². The summed E-state index contributed by atoms with van der Waals surface area (Å²) in [5.74, 6) is -0.310. The molecule has 1 fully saturated rings. The number of hydrogen-bond donors (Lipinski definition) is 0. The Morgan fingerprint density at radius 1 is 1.15 bits per heavy atom. The number of nitrogens with zero attached hydrogens (tertiary/aromatic N) is 3. The Morgan fingerprint density at radius 2 is 1.88 bits per heavy atom. The summed E-state index contributed by atoms with van der Waals surface area (Å²) >= 11 is 0. The van der Waals surface area contributed by atoms with E-state index in [0.717, 1.165) is 52.4 Å². The van der Waals surface area contributed by atoms with Gasteiger partial charge in [-0.3, -0.25) is 0 Å². The molecule has 0 aliphatic carbocycles. The highest BCUT2D eigenvalue weighted by Crippen LogP contribution is 2.34. The number of carbonyl (C=O) groups is 1. The Labute approximate surface area is 196 Å². The smallest absolute Gasteiger partial charge is 0.338 e.